The molecular weight excluding hydrogens is 766 g/mol. The van der Waals surface area contributed by atoms with Gasteiger partial charge in [-0.3, -0.25) is 9.05 Å². The Balaban J connectivity index is 3.97. The molecule has 0 fully saturated rings. The first-order valence-electron chi connectivity index (χ1n) is 26.5. The van der Waals surface area contributed by atoms with Gasteiger partial charge in [-0.2, -0.15) is 0 Å². The van der Waals surface area contributed by atoms with Crippen LogP contribution in [0.5, 0.6) is 0 Å². The van der Waals surface area contributed by atoms with Gasteiger partial charge in [0.05, 0.1) is 34.4 Å². The van der Waals surface area contributed by atoms with E-state index in [1.807, 2.05) is 21.1 Å². The quantitative estimate of drug-likeness (QED) is 0.0284. The number of quaternary nitrogens is 1. The molecule has 7 nitrogen and oxygen atoms in total. The van der Waals surface area contributed by atoms with Gasteiger partial charge in [0.25, 0.3) is 0 Å². The van der Waals surface area contributed by atoms with E-state index in [1.54, 1.807) is 0 Å². The maximum absolute atomic E-state index is 12.5. The molecule has 0 radical (unpaired) electrons. The number of phosphoric ester groups is 1. The molecule has 0 aromatic heterocycles. The van der Waals surface area contributed by atoms with Crippen LogP contribution in [0.4, 0.5) is 0 Å². The molecule has 8 heteroatoms. The highest BCUT2D eigenvalue weighted by Crippen LogP contribution is 2.43. The summed E-state index contributed by atoms with van der Waals surface area (Å²) in [5.41, 5.74) is 0. The molecule has 0 aliphatic rings. The summed E-state index contributed by atoms with van der Waals surface area (Å²) in [4.78, 5) is 10.3. The molecule has 1 unspecified atom stereocenters. The molecule has 60 heavy (non-hydrogen) atoms. The van der Waals surface area contributed by atoms with Crippen LogP contribution in [0.3, 0.4) is 0 Å². The third-order valence-electron chi connectivity index (χ3n) is 11.9. The number of unbranched alkanes of at least 4 members (excludes halogenated alkanes) is 35. The molecule has 0 saturated heterocycles. The van der Waals surface area contributed by atoms with Crippen LogP contribution in [0.15, 0.2) is 12.2 Å². The summed E-state index contributed by atoms with van der Waals surface area (Å²) < 4.78 is 35.9. The zero-order chi connectivity index (χ0) is 43.9. The summed E-state index contributed by atoms with van der Waals surface area (Å²) in [6.07, 6.45) is 55.5. The fourth-order valence-electron chi connectivity index (χ4n) is 7.77. The number of ether oxygens (including phenoxy) is 2. The van der Waals surface area contributed by atoms with Crippen molar-refractivity contribution in [1.29, 1.82) is 0 Å². The van der Waals surface area contributed by atoms with Gasteiger partial charge < -0.3 is 18.9 Å². The Morgan fingerprint density at radius 1 is 0.433 bits per heavy atom. The third kappa shape index (κ3) is 50.4. The molecule has 0 heterocycles. The van der Waals surface area contributed by atoms with Crippen LogP contribution in [0.1, 0.15) is 258 Å². The second-order valence-corrected chi connectivity index (χ2v) is 20.7. The normalized spacial score (nSPS) is 13.8. The molecule has 1 N–H and O–H groups in total. The van der Waals surface area contributed by atoms with Gasteiger partial charge in [-0.15, -0.1) is 0 Å². The molecular formula is C52H107NO6P+. The Kier molecular flexibility index (Phi) is 46.5. The van der Waals surface area contributed by atoms with Gasteiger partial charge in [0.15, 0.2) is 0 Å². The van der Waals surface area contributed by atoms with Crippen molar-refractivity contribution in [3.8, 4) is 0 Å². The third-order valence-corrected chi connectivity index (χ3v) is 12.9. The Morgan fingerprint density at radius 3 is 1.13 bits per heavy atom. The minimum atomic E-state index is -4.14. The second-order valence-electron chi connectivity index (χ2n) is 19.2. The van der Waals surface area contributed by atoms with Crippen molar-refractivity contribution in [2.24, 2.45) is 0 Å². The lowest BCUT2D eigenvalue weighted by Crippen LogP contribution is -2.37. The first kappa shape index (κ1) is 59.7. The number of hydrogen-bond acceptors (Lipinski definition) is 5. The molecule has 0 bridgehead atoms. The van der Waals surface area contributed by atoms with Crippen molar-refractivity contribution >= 4 is 7.82 Å². The van der Waals surface area contributed by atoms with E-state index in [1.165, 1.54) is 225 Å². The van der Waals surface area contributed by atoms with Crippen molar-refractivity contribution in [2.75, 3.05) is 60.7 Å². The summed E-state index contributed by atoms with van der Waals surface area (Å²) >= 11 is 0. The van der Waals surface area contributed by atoms with Gasteiger partial charge in [0.1, 0.15) is 19.3 Å². The first-order valence-corrected chi connectivity index (χ1v) is 28.0. The summed E-state index contributed by atoms with van der Waals surface area (Å²) in [5.74, 6) is 0. The van der Waals surface area contributed by atoms with Crippen molar-refractivity contribution in [2.45, 2.75) is 264 Å². The van der Waals surface area contributed by atoms with Crippen molar-refractivity contribution in [3.63, 3.8) is 0 Å². The minimum Gasteiger partial charge on any atom is -0.379 e. The Labute approximate surface area is 375 Å². The predicted octanol–water partition coefficient (Wildman–Crippen LogP) is 16.6. The highest BCUT2D eigenvalue weighted by atomic mass is 31.2. The molecule has 2 atom stereocenters. The molecule has 0 saturated carbocycles. The maximum atomic E-state index is 12.5. The van der Waals surface area contributed by atoms with Crippen molar-refractivity contribution in [1.82, 2.24) is 0 Å². The van der Waals surface area contributed by atoms with E-state index in [9.17, 15) is 9.46 Å². The summed E-state index contributed by atoms with van der Waals surface area (Å²) in [6.45, 7) is 7.02. The summed E-state index contributed by atoms with van der Waals surface area (Å²) in [7, 11) is 1.92. The topological polar surface area (TPSA) is 74.2 Å². The predicted molar refractivity (Wildman–Crippen MR) is 261 cm³/mol. The molecule has 360 valence electrons. The van der Waals surface area contributed by atoms with Crippen molar-refractivity contribution in [3.05, 3.63) is 12.2 Å². The average molecular weight is 873 g/mol. The molecule has 0 amide bonds. The highest BCUT2D eigenvalue weighted by Gasteiger charge is 2.25. The number of hydrogen-bond donors (Lipinski definition) is 1. The van der Waals surface area contributed by atoms with Gasteiger partial charge in [-0.1, -0.05) is 231 Å². The lowest BCUT2D eigenvalue weighted by Gasteiger charge is -2.24. The van der Waals surface area contributed by atoms with Gasteiger partial charge in [0, 0.05) is 13.2 Å². The second kappa shape index (κ2) is 46.7. The van der Waals surface area contributed by atoms with Crippen LogP contribution >= 0.6 is 7.82 Å². The molecule has 0 spiro atoms. The number of rotatable bonds is 51. The van der Waals surface area contributed by atoms with Crippen LogP contribution in [0, 0.1) is 0 Å². The van der Waals surface area contributed by atoms with E-state index >= 15 is 0 Å². The highest BCUT2D eigenvalue weighted by molar-refractivity contribution is 7.47. The van der Waals surface area contributed by atoms with Crippen LogP contribution in [0.2, 0.25) is 0 Å². The average Bonchev–Trinajstić information content (AvgIpc) is 3.21. The van der Waals surface area contributed by atoms with E-state index in [2.05, 4.69) is 26.0 Å². The number of likely N-dealkylation sites (N-methyl/N-ethyl adjacent to an activating group) is 1. The fourth-order valence-corrected chi connectivity index (χ4v) is 8.51. The monoisotopic (exact) mass is 873 g/mol. The van der Waals surface area contributed by atoms with Crippen LogP contribution in [0.25, 0.3) is 0 Å². The lowest BCUT2D eigenvalue weighted by molar-refractivity contribution is -0.870. The summed E-state index contributed by atoms with van der Waals surface area (Å²) in [5, 5.41) is 0. The maximum Gasteiger partial charge on any atom is 0.472 e. The van der Waals surface area contributed by atoms with E-state index < -0.39 is 7.82 Å². The van der Waals surface area contributed by atoms with Crippen molar-refractivity contribution < 1.29 is 32.5 Å². The summed E-state index contributed by atoms with van der Waals surface area (Å²) in [6, 6.07) is 0. The SMILES string of the molecule is CCCCCCCC/C=C\CCCCCCCCCCCCOC[C@H](COP(=O)(O)OCC[N+](C)(C)C)OCCCCCCCCCCCCCCCCCCCCCC. The minimum absolute atomic E-state index is 0.00665. The molecule has 0 aromatic rings. The number of nitrogens with zero attached hydrogens (tertiary/aromatic N) is 1. The smallest absolute Gasteiger partial charge is 0.379 e. The molecule has 0 rings (SSSR count). The zero-order valence-electron chi connectivity index (χ0n) is 41.2. The van der Waals surface area contributed by atoms with E-state index in [0.29, 0.717) is 30.8 Å². The molecule has 0 aliphatic carbocycles. The van der Waals surface area contributed by atoms with E-state index in [4.69, 9.17) is 18.5 Å². The number of phosphoric acid groups is 1. The van der Waals surface area contributed by atoms with Crippen LogP contribution in [-0.2, 0) is 23.1 Å². The van der Waals surface area contributed by atoms with Gasteiger partial charge >= 0.3 is 7.82 Å². The Hall–Kier alpha value is -0.270. The van der Waals surface area contributed by atoms with Gasteiger partial charge in [-0.05, 0) is 38.5 Å². The first-order chi connectivity index (χ1) is 29.2. The van der Waals surface area contributed by atoms with Crippen LogP contribution < -0.4 is 0 Å². The fraction of sp³-hybridized carbons (Fsp3) is 0.962. The van der Waals surface area contributed by atoms with E-state index in [-0.39, 0.29) is 19.3 Å². The molecule has 0 aliphatic heterocycles. The Morgan fingerprint density at radius 2 is 0.767 bits per heavy atom. The van der Waals surface area contributed by atoms with Crippen LogP contribution in [-0.4, -0.2) is 76.2 Å². The van der Waals surface area contributed by atoms with E-state index in [0.717, 1.165) is 19.3 Å². The van der Waals surface area contributed by atoms with Gasteiger partial charge in [-0.25, -0.2) is 4.57 Å². The Bertz CT molecular complexity index is 911. The standard InChI is InChI=1S/C52H106NO6P/c1-6-8-10-12-14-16-18-20-22-24-26-28-30-32-34-36-38-40-42-44-47-56-50-52(51-59-60(54,55)58-49-46-53(3,4)5)57-48-45-43-41-39-37-35-33-31-29-27-25-23-21-19-17-15-13-11-9-7-2/h20,22,52H,6-19,21,23-51H2,1-5H3/p+1/b22-20-/t52-/m1/s1. The molecule has 0 aromatic carbocycles. The number of allylic oxidation sites excluding steroid dienone is 2. The lowest BCUT2D eigenvalue weighted by atomic mass is 10.0. The largest absolute Gasteiger partial charge is 0.472 e. The van der Waals surface area contributed by atoms with Gasteiger partial charge in [0.2, 0.25) is 0 Å². The zero-order valence-corrected chi connectivity index (χ0v) is 42.1.